The van der Waals surface area contributed by atoms with Crippen molar-refractivity contribution >= 4 is 17.4 Å². The van der Waals surface area contributed by atoms with Crippen molar-refractivity contribution in [3.8, 4) is 5.69 Å². The third kappa shape index (κ3) is 2.50. The molecule has 2 rings (SSSR count). The minimum atomic E-state index is -0.557. The smallest absolute Gasteiger partial charge is 0.182 e. The van der Waals surface area contributed by atoms with Gasteiger partial charge in [-0.2, -0.15) is 0 Å². The van der Waals surface area contributed by atoms with E-state index in [0.29, 0.717) is 11.1 Å². The van der Waals surface area contributed by atoms with Crippen LogP contribution in [0.4, 0.5) is 4.39 Å². The molecule has 1 atom stereocenters. The lowest BCUT2D eigenvalue weighted by atomic mass is 10.1. The first-order valence-corrected chi connectivity index (χ1v) is 6.90. The Morgan fingerprint density at radius 1 is 1.25 bits per heavy atom. The van der Waals surface area contributed by atoms with Crippen LogP contribution in [0, 0.1) is 26.6 Å². The second kappa shape index (κ2) is 5.41. The molecule has 0 bridgehead atoms. The van der Waals surface area contributed by atoms with Gasteiger partial charge in [-0.1, -0.05) is 0 Å². The average molecular weight is 294 g/mol. The molecule has 106 valence electrons. The maximum Gasteiger partial charge on any atom is 0.182 e. The molecule has 0 fully saturated rings. The number of benzene rings is 1. The molecule has 1 unspecified atom stereocenters. The molecular weight excluding hydrogens is 277 g/mol. The minimum absolute atomic E-state index is 0.0927. The zero-order valence-electron chi connectivity index (χ0n) is 12.0. The van der Waals surface area contributed by atoms with Crippen molar-refractivity contribution in [1.29, 1.82) is 0 Å². The summed E-state index contributed by atoms with van der Waals surface area (Å²) in [5, 5.41) is -0.557. The Labute approximate surface area is 123 Å². The van der Waals surface area contributed by atoms with E-state index in [1.54, 1.807) is 26.0 Å². The lowest BCUT2D eigenvalue weighted by Gasteiger charge is -2.11. The van der Waals surface area contributed by atoms with Crippen molar-refractivity contribution in [2.45, 2.75) is 33.1 Å². The molecule has 0 N–H and O–H groups in total. The Bertz CT molecular complexity index is 673. The first kappa shape index (κ1) is 14.8. The molecule has 0 aliphatic carbocycles. The zero-order chi connectivity index (χ0) is 15.0. The van der Waals surface area contributed by atoms with E-state index in [-0.39, 0.29) is 11.6 Å². The van der Waals surface area contributed by atoms with Crippen LogP contribution < -0.4 is 0 Å². The number of rotatable bonds is 3. The summed E-state index contributed by atoms with van der Waals surface area (Å²) in [5.41, 5.74) is 3.79. The van der Waals surface area contributed by atoms with Crippen molar-refractivity contribution in [1.82, 2.24) is 4.57 Å². The predicted octanol–water partition coefficient (Wildman–Crippen LogP) is 4.35. The molecule has 1 aromatic heterocycles. The number of carbonyl (C=O) groups excluding carboxylic acids is 1. The Hall–Kier alpha value is -1.61. The van der Waals surface area contributed by atoms with E-state index in [9.17, 15) is 9.18 Å². The maximum absolute atomic E-state index is 13.4. The Morgan fingerprint density at radius 2 is 1.90 bits per heavy atom. The van der Waals surface area contributed by atoms with Gasteiger partial charge in [0, 0.05) is 22.6 Å². The van der Waals surface area contributed by atoms with Crippen LogP contribution in [0.3, 0.4) is 0 Å². The summed E-state index contributed by atoms with van der Waals surface area (Å²) < 4.78 is 15.3. The quantitative estimate of drug-likeness (QED) is 0.609. The second-order valence-electron chi connectivity index (χ2n) is 5.03. The van der Waals surface area contributed by atoms with Crippen LogP contribution in [-0.2, 0) is 0 Å². The zero-order valence-corrected chi connectivity index (χ0v) is 12.8. The number of hydrogen-bond donors (Lipinski definition) is 0. The summed E-state index contributed by atoms with van der Waals surface area (Å²) >= 11 is 5.88. The van der Waals surface area contributed by atoms with E-state index in [2.05, 4.69) is 0 Å². The van der Waals surface area contributed by atoms with Gasteiger partial charge in [-0.25, -0.2) is 4.39 Å². The summed E-state index contributed by atoms with van der Waals surface area (Å²) in [6, 6.07) is 6.75. The number of Topliss-reactive ketones (excluding diaryl/α,β-unsaturated/α-hetero) is 1. The van der Waals surface area contributed by atoms with Gasteiger partial charge in [0.25, 0.3) is 0 Å². The number of halogens is 2. The summed E-state index contributed by atoms with van der Waals surface area (Å²) in [5.74, 6) is -0.327. The first-order valence-electron chi connectivity index (χ1n) is 6.46. The molecule has 1 aromatic carbocycles. The fraction of sp³-hybridized carbons (Fsp3) is 0.312. The molecular formula is C16H17ClFNO. The number of aryl methyl sites for hydroxylation is 2. The summed E-state index contributed by atoms with van der Waals surface area (Å²) in [4.78, 5) is 12.1. The van der Waals surface area contributed by atoms with E-state index in [0.717, 1.165) is 17.1 Å². The van der Waals surface area contributed by atoms with Gasteiger partial charge in [0.05, 0.1) is 5.38 Å². The molecule has 4 heteroatoms. The van der Waals surface area contributed by atoms with Crippen LogP contribution in [0.1, 0.15) is 34.2 Å². The third-order valence-corrected chi connectivity index (χ3v) is 3.66. The molecule has 2 nitrogen and oxygen atoms in total. The topological polar surface area (TPSA) is 22.0 Å². The van der Waals surface area contributed by atoms with Crippen LogP contribution >= 0.6 is 11.6 Å². The first-order chi connectivity index (χ1) is 9.32. The van der Waals surface area contributed by atoms with E-state index in [1.807, 2.05) is 24.5 Å². The van der Waals surface area contributed by atoms with Crippen molar-refractivity contribution in [3.63, 3.8) is 0 Å². The number of hydrogen-bond acceptors (Lipinski definition) is 1. The highest BCUT2D eigenvalue weighted by molar-refractivity contribution is 6.33. The Balaban J connectivity index is 2.58. The van der Waals surface area contributed by atoms with Crippen LogP contribution in [0.2, 0.25) is 0 Å². The maximum atomic E-state index is 13.4. The van der Waals surface area contributed by atoms with Gasteiger partial charge < -0.3 is 4.57 Å². The van der Waals surface area contributed by atoms with Crippen molar-refractivity contribution in [2.24, 2.45) is 0 Å². The number of nitrogens with zero attached hydrogens (tertiary/aromatic N) is 1. The van der Waals surface area contributed by atoms with Gasteiger partial charge in [-0.3, -0.25) is 4.79 Å². The highest BCUT2D eigenvalue weighted by Crippen LogP contribution is 2.24. The Morgan fingerprint density at radius 3 is 2.45 bits per heavy atom. The molecule has 0 aliphatic rings. The molecule has 0 aliphatic heterocycles. The Kier molecular flexibility index (Phi) is 4.00. The average Bonchev–Trinajstić information content (AvgIpc) is 2.67. The molecule has 1 heterocycles. The lowest BCUT2D eigenvalue weighted by molar-refractivity contribution is 0.0991. The summed E-state index contributed by atoms with van der Waals surface area (Å²) in [6.45, 7) is 7.18. The number of ketones is 1. The fourth-order valence-electron chi connectivity index (χ4n) is 2.39. The van der Waals surface area contributed by atoms with Crippen LogP contribution in [-0.4, -0.2) is 15.7 Å². The van der Waals surface area contributed by atoms with Gasteiger partial charge in [0.15, 0.2) is 5.78 Å². The number of carbonyl (C=O) groups is 1. The standard InChI is InChI=1S/C16H17ClFNO/c1-9-7-13(5-6-15(9)18)19-10(2)8-14(12(19)4)16(20)11(3)17/h5-8,11H,1-4H3. The van der Waals surface area contributed by atoms with Crippen molar-refractivity contribution in [3.05, 3.63) is 52.6 Å². The minimum Gasteiger partial charge on any atom is -0.318 e. The largest absolute Gasteiger partial charge is 0.318 e. The number of aromatic nitrogens is 1. The van der Waals surface area contributed by atoms with Crippen LogP contribution in [0.5, 0.6) is 0 Å². The van der Waals surface area contributed by atoms with Gasteiger partial charge in [-0.15, -0.1) is 11.6 Å². The van der Waals surface area contributed by atoms with Crippen molar-refractivity contribution < 1.29 is 9.18 Å². The van der Waals surface area contributed by atoms with E-state index in [1.165, 1.54) is 6.07 Å². The molecule has 0 saturated heterocycles. The van der Waals surface area contributed by atoms with E-state index in [4.69, 9.17) is 11.6 Å². The lowest BCUT2D eigenvalue weighted by Crippen LogP contribution is -2.11. The van der Waals surface area contributed by atoms with Crippen LogP contribution in [0.25, 0.3) is 5.69 Å². The van der Waals surface area contributed by atoms with E-state index >= 15 is 0 Å². The SMILES string of the molecule is Cc1cc(-n2c(C)cc(C(=O)C(C)Cl)c2C)ccc1F. The summed E-state index contributed by atoms with van der Waals surface area (Å²) in [6.07, 6.45) is 0. The highest BCUT2D eigenvalue weighted by atomic mass is 35.5. The summed E-state index contributed by atoms with van der Waals surface area (Å²) in [7, 11) is 0. The molecule has 0 spiro atoms. The number of alkyl halides is 1. The molecule has 0 amide bonds. The van der Waals surface area contributed by atoms with Gasteiger partial charge in [0.1, 0.15) is 5.82 Å². The second-order valence-corrected chi connectivity index (χ2v) is 5.69. The molecule has 2 aromatic rings. The van der Waals surface area contributed by atoms with Crippen LogP contribution in [0.15, 0.2) is 24.3 Å². The molecule has 0 saturated carbocycles. The van der Waals surface area contributed by atoms with Gasteiger partial charge in [-0.05, 0) is 57.5 Å². The monoisotopic (exact) mass is 293 g/mol. The molecule has 20 heavy (non-hydrogen) atoms. The predicted molar refractivity (Wildman–Crippen MR) is 79.6 cm³/mol. The van der Waals surface area contributed by atoms with E-state index < -0.39 is 5.38 Å². The normalized spacial score (nSPS) is 12.5. The van der Waals surface area contributed by atoms with Gasteiger partial charge >= 0.3 is 0 Å². The third-order valence-electron chi connectivity index (χ3n) is 3.46. The fourth-order valence-corrected chi connectivity index (χ4v) is 2.51. The highest BCUT2D eigenvalue weighted by Gasteiger charge is 2.20. The molecule has 0 radical (unpaired) electrons. The van der Waals surface area contributed by atoms with Crippen molar-refractivity contribution in [2.75, 3.05) is 0 Å². The van der Waals surface area contributed by atoms with Gasteiger partial charge in [0.2, 0.25) is 0 Å².